The summed E-state index contributed by atoms with van der Waals surface area (Å²) in [4.78, 5) is 18.7. The van der Waals surface area contributed by atoms with Gasteiger partial charge in [0.05, 0.1) is 0 Å². The van der Waals surface area contributed by atoms with E-state index in [-0.39, 0.29) is 5.91 Å². The lowest BCUT2D eigenvalue weighted by molar-refractivity contribution is 0.0951. The fourth-order valence-corrected chi connectivity index (χ4v) is 2.38. The summed E-state index contributed by atoms with van der Waals surface area (Å²) in [5.41, 5.74) is 0.589. The molecule has 0 bridgehead atoms. The van der Waals surface area contributed by atoms with E-state index in [0.717, 1.165) is 26.1 Å². The van der Waals surface area contributed by atoms with Crippen LogP contribution in [0.2, 0.25) is 0 Å². The van der Waals surface area contributed by atoms with Crippen molar-refractivity contribution in [1.82, 2.24) is 15.2 Å². The van der Waals surface area contributed by atoms with E-state index in [4.69, 9.17) is 4.74 Å². The normalized spacial score (nSPS) is 10.6. The van der Waals surface area contributed by atoms with Crippen molar-refractivity contribution in [3.05, 3.63) is 54.2 Å². The molecule has 1 N–H and O–H groups in total. The maximum Gasteiger partial charge on any atom is 0.251 e. The van der Waals surface area contributed by atoms with Crippen molar-refractivity contribution in [3.8, 4) is 11.6 Å². The topological polar surface area (TPSA) is 54.5 Å². The summed E-state index contributed by atoms with van der Waals surface area (Å²) in [5, 5.41) is 2.96. The van der Waals surface area contributed by atoms with Crippen LogP contribution in [0.15, 0.2) is 48.7 Å². The van der Waals surface area contributed by atoms with Crippen LogP contribution in [0.1, 0.15) is 30.6 Å². The number of aromatic nitrogens is 1. The fraction of sp³-hybridized carbons (Fsp3) is 0.368. The molecule has 128 valence electrons. The van der Waals surface area contributed by atoms with E-state index in [1.54, 1.807) is 24.4 Å². The molecule has 0 saturated heterocycles. The smallest absolute Gasteiger partial charge is 0.251 e. The summed E-state index contributed by atoms with van der Waals surface area (Å²) in [7, 11) is 0. The van der Waals surface area contributed by atoms with Gasteiger partial charge in [0.25, 0.3) is 5.91 Å². The highest BCUT2D eigenvalue weighted by molar-refractivity contribution is 5.94. The highest BCUT2D eigenvalue weighted by Crippen LogP contribution is 2.19. The lowest BCUT2D eigenvalue weighted by Crippen LogP contribution is -2.29. The summed E-state index contributed by atoms with van der Waals surface area (Å²) >= 11 is 0. The molecule has 0 fully saturated rings. The summed E-state index contributed by atoms with van der Waals surface area (Å²) < 4.78 is 5.66. The van der Waals surface area contributed by atoms with Gasteiger partial charge in [-0.15, -0.1) is 0 Å². The van der Waals surface area contributed by atoms with E-state index in [0.29, 0.717) is 23.7 Å². The van der Waals surface area contributed by atoms with Crippen molar-refractivity contribution in [1.29, 1.82) is 0 Å². The molecule has 0 aliphatic rings. The van der Waals surface area contributed by atoms with Crippen molar-refractivity contribution < 1.29 is 9.53 Å². The quantitative estimate of drug-likeness (QED) is 0.718. The van der Waals surface area contributed by atoms with Crippen LogP contribution in [0.25, 0.3) is 0 Å². The summed E-state index contributed by atoms with van der Waals surface area (Å²) in [5.74, 6) is 1.03. The molecular weight excluding hydrogens is 302 g/mol. The molecule has 2 aromatic rings. The Kier molecular flexibility index (Phi) is 7.23. The number of benzene rings is 1. The van der Waals surface area contributed by atoms with E-state index >= 15 is 0 Å². The van der Waals surface area contributed by atoms with E-state index in [2.05, 4.69) is 29.0 Å². The zero-order chi connectivity index (χ0) is 17.2. The molecule has 5 nitrogen and oxygen atoms in total. The molecule has 0 aliphatic carbocycles. The highest BCUT2D eigenvalue weighted by atomic mass is 16.5. The van der Waals surface area contributed by atoms with Crippen molar-refractivity contribution in [3.63, 3.8) is 0 Å². The first kappa shape index (κ1) is 17.9. The zero-order valence-corrected chi connectivity index (χ0v) is 14.4. The first-order valence-corrected chi connectivity index (χ1v) is 8.42. The maximum absolute atomic E-state index is 12.2. The van der Waals surface area contributed by atoms with E-state index < -0.39 is 0 Å². The van der Waals surface area contributed by atoms with Crippen LogP contribution < -0.4 is 10.1 Å². The Morgan fingerprint density at radius 1 is 1.17 bits per heavy atom. The first-order chi connectivity index (χ1) is 11.7. The summed E-state index contributed by atoms with van der Waals surface area (Å²) in [6.07, 6.45) is 2.61. The molecule has 0 unspecified atom stereocenters. The van der Waals surface area contributed by atoms with Crippen molar-refractivity contribution in [2.24, 2.45) is 0 Å². The number of pyridine rings is 1. The highest BCUT2D eigenvalue weighted by Gasteiger charge is 2.07. The Morgan fingerprint density at radius 2 is 2.00 bits per heavy atom. The van der Waals surface area contributed by atoms with Gasteiger partial charge in [-0.05, 0) is 50.3 Å². The molecule has 0 saturated carbocycles. The molecular formula is C19H25N3O2. The molecule has 0 radical (unpaired) electrons. The number of carbonyl (C=O) groups is 1. The van der Waals surface area contributed by atoms with Gasteiger partial charge in [0.2, 0.25) is 5.88 Å². The predicted molar refractivity (Wildman–Crippen MR) is 95.5 cm³/mol. The summed E-state index contributed by atoms with van der Waals surface area (Å²) in [6, 6.07) is 12.6. The molecule has 1 aromatic carbocycles. The fourth-order valence-electron chi connectivity index (χ4n) is 2.38. The lowest BCUT2D eigenvalue weighted by atomic mass is 10.2. The number of nitrogens with one attached hydrogen (secondary N) is 1. The molecule has 5 heteroatoms. The number of hydrogen-bond acceptors (Lipinski definition) is 4. The molecule has 0 spiro atoms. The van der Waals surface area contributed by atoms with Crippen LogP contribution in [0.3, 0.4) is 0 Å². The Labute approximate surface area is 143 Å². The number of nitrogens with zero attached hydrogens (tertiary/aromatic N) is 2. The van der Waals surface area contributed by atoms with Gasteiger partial charge >= 0.3 is 0 Å². The van der Waals surface area contributed by atoms with Crippen LogP contribution in [0, 0.1) is 0 Å². The van der Waals surface area contributed by atoms with E-state index in [9.17, 15) is 4.79 Å². The van der Waals surface area contributed by atoms with Gasteiger partial charge in [-0.1, -0.05) is 26.0 Å². The Hall–Kier alpha value is -2.40. The van der Waals surface area contributed by atoms with Crippen molar-refractivity contribution in [2.45, 2.75) is 20.3 Å². The third kappa shape index (κ3) is 5.66. The average Bonchev–Trinajstić information content (AvgIpc) is 2.63. The van der Waals surface area contributed by atoms with Gasteiger partial charge in [-0.3, -0.25) is 4.79 Å². The minimum Gasteiger partial charge on any atom is -0.439 e. The number of carbonyl (C=O) groups excluding carboxylic acids is 1. The second kappa shape index (κ2) is 9.67. The van der Waals surface area contributed by atoms with Crippen LogP contribution in [-0.2, 0) is 0 Å². The van der Waals surface area contributed by atoms with Crippen molar-refractivity contribution >= 4 is 5.91 Å². The molecule has 0 atom stereocenters. The average molecular weight is 327 g/mol. The Balaban J connectivity index is 1.85. The van der Waals surface area contributed by atoms with Gasteiger partial charge in [0.1, 0.15) is 5.75 Å². The van der Waals surface area contributed by atoms with Crippen molar-refractivity contribution in [2.75, 3.05) is 26.2 Å². The second-order valence-electron chi connectivity index (χ2n) is 5.43. The van der Waals surface area contributed by atoms with Gasteiger partial charge in [0, 0.05) is 24.4 Å². The lowest BCUT2D eigenvalue weighted by Gasteiger charge is -2.17. The monoisotopic (exact) mass is 327 g/mol. The van der Waals surface area contributed by atoms with Crippen LogP contribution in [0.4, 0.5) is 0 Å². The summed E-state index contributed by atoms with van der Waals surface area (Å²) in [6.45, 7) is 8.04. The third-order valence-electron chi connectivity index (χ3n) is 3.79. The van der Waals surface area contributed by atoms with Gasteiger partial charge in [-0.2, -0.15) is 0 Å². The zero-order valence-electron chi connectivity index (χ0n) is 14.4. The number of rotatable bonds is 9. The van der Waals surface area contributed by atoms with Gasteiger partial charge < -0.3 is 15.0 Å². The molecule has 1 amide bonds. The maximum atomic E-state index is 12.2. The van der Waals surface area contributed by atoms with E-state index in [1.165, 1.54) is 0 Å². The number of amides is 1. The van der Waals surface area contributed by atoms with Crippen LogP contribution in [0.5, 0.6) is 11.6 Å². The van der Waals surface area contributed by atoms with Gasteiger partial charge in [0.15, 0.2) is 0 Å². The SMILES string of the molecule is CCN(CC)CCCNC(=O)c1cccc(Oc2ccccn2)c1. The Morgan fingerprint density at radius 3 is 2.71 bits per heavy atom. The van der Waals surface area contributed by atoms with Crippen LogP contribution in [-0.4, -0.2) is 42.0 Å². The molecule has 24 heavy (non-hydrogen) atoms. The number of ether oxygens (including phenoxy) is 1. The van der Waals surface area contributed by atoms with Crippen LogP contribution >= 0.6 is 0 Å². The Bertz CT molecular complexity index is 628. The van der Waals surface area contributed by atoms with E-state index in [1.807, 2.05) is 24.3 Å². The second-order valence-corrected chi connectivity index (χ2v) is 5.43. The van der Waals surface area contributed by atoms with Gasteiger partial charge in [-0.25, -0.2) is 4.98 Å². The minimum atomic E-state index is -0.0824. The minimum absolute atomic E-state index is 0.0824. The molecule has 1 heterocycles. The standard InChI is InChI=1S/C19H25N3O2/c1-3-22(4-2)14-8-13-21-19(23)16-9-7-10-17(15-16)24-18-11-5-6-12-20-18/h5-7,9-12,15H,3-4,8,13-14H2,1-2H3,(H,21,23). The predicted octanol–water partition coefficient (Wildman–Crippen LogP) is 3.34. The molecule has 1 aromatic heterocycles. The first-order valence-electron chi connectivity index (χ1n) is 8.42. The number of hydrogen-bond donors (Lipinski definition) is 1. The third-order valence-corrected chi connectivity index (χ3v) is 3.79. The largest absolute Gasteiger partial charge is 0.439 e. The molecule has 0 aliphatic heterocycles. The molecule has 2 rings (SSSR count).